The van der Waals surface area contributed by atoms with Gasteiger partial charge in [-0.1, -0.05) is 0 Å². The summed E-state index contributed by atoms with van der Waals surface area (Å²) in [5.74, 6) is 2.19. The molecule has 5 heteroatoms. The van der Waals surface area contributed by atoms with Gasteiger partial charge in [0.25, 0.3) is 0 Å². The van der Waals surface area contributed by atoms with Gasteiger partial charge in [0.15, 0.2) is 5.96 Å². The highest BCUT2D eigenvalue weighted by molar-refractivity contribution is 7.98. The molecule has 4 nitrogen and oxygen atoms in total. The Morgan fingerprint density at radius 3 is 2.58 bits per heavy atom. The third-order valence-electron chi connectivity index (χ3n) is 3.97. The summed E-state index contributed by atoms with van der Waals surface area (Å²) in [5.41, 5.74) is 0. The van der Waals surface area contributed by atoms with Crippen LogP contribution in [-0.2, 0) is 0 Å². The maximum absolute atomic E-state index is 4.32. The lowest BCUT2D eigenvalue weighted by Crippen LogP contribution is -2.49. The molecule has 0 bridgehead atoms. The van der Waals surface area contributed by atoms with Crippen LogP contribution in [0.1, 0.15) is 32.1 Å². The zero-order valence-electron chi connectivity index (χ0n) is 12.3. The molecule has 1 saturated heterocycles. The topological polar surface area (TPSA) is 39.7 Å². The average molecular weight is 284 g/mol. The largest absolute Gasteiger partial charge is 0.356 e. The van der Waals surface area contributed by atoms with Crippen molar-refractivity contribution in [3.05, 3.63) is 0 Å². The number of rotatable bonds is 6. The van der Waals surface area contributed by atoms with Gasteiger partial charge in [-0.3, -0.25) is 4.99 Å². The predicted molar refractivity (Wildman–Crippen MR) is 85.1 cm³/mol. The Balaban J connectivity index is 1.62. The van der Waals surface area contributed by atoms with Crippen LogP contribution in [-0.4, -0.2) is 61.6 Å². The smallest absolute Gasteiger partial charge is 0.191 e. The Morgan fingerprint density at radius 2 is 2.00 bits per heavy atom. The van der Waals surface area contributed by atoms with E-state index in [1.807, 2.05) is 18.8 Å². The highest BCUT2D eigenvalue weighted by Crippen LogP contribution is 2.29. The average Bonchev–Trinajstić information content (AvgIpc) is 3.27. The Bertz CT molecular complexity index is 283. The van der Waals surface area contributed by atoms with E-state index in [0.717, 1.165) is 18.5 Å². The van der Waals surface area contributed by atoms with Crippen molar-refractivity contribution in [3.63, 3.8) is 0 Å². The third kappa shape index (κ3) is 5.22. The molecule has 2 fully saturated rings. The number of nitrogens with one attached hydrogen (secondary N) is 2. The maximum atomic E-state index is 4.32. The second-order valence-corrected chi connectivity index (χ2v) is 6.52. The standard InChI is InChI=1S/C14H28N4S/c1-15-14(16-8-3-11-19-2)17-12-6-9-18(10-7-12)13-4-5-13/h12-13H,3-11H2,1-2H3,(H2,15,16,17). The maximum Gasteiger partial charge on any atom is 0.191 e. The van der Waals surface area contributed by atoms with Crippen LogP contribution in [0.5, 0.6) is 0 Å². The zero-order valence-corrected chi connectivity index (χ0v) is 13.1. The number of guanidine groups is 1. The molecule has 2 aliphatic rings. The van der Waals surface area contributed by atoms with Gasteiger partial charge in [0.05, 0.1) is 0 Å². The quantitative estimate of drug-likeness (QED) is 0.441. The van der Waals surface area contributed by atoms with Crippen molar-refractivity contribution in [2.75, 3.05) is 38.7 Å². The lowest BCUT2D eigenvalue weighted by atomic mass is 10.1. The minimum absolute atomic E-state index is 0.599. The molecule has 2 rings (SSSR count). The Kier molecular flexibility index (Phi) is 6.31. The van der Waals surface area contributed by atoms with Gasteiger partial charge in [-0.15, -0.1) is 0 Å². The van der Waals surface area contributed by atoms with Crippen LogP contribution in [0.15, 0.2) is 4.99 Å². The van der Waals surface area contributed by atoms with E-state index in [2.05, 4.69) is 26.8 Å². The molecule has 0 unspecified atom stereocenters. The van der Waals surface area contributed by atoms with E-state index in [4.69, 9.17) is 0 Å². The molecular weight excluding hydrogens is 256 g/mol. The summed E-state index contributed by atoms with van der Waals surface area (Å²) in [5, 5.41) is 6.98. The first-order chi connectivity index (χ1) is 9.33. The van der Waals surface area contributed by atoms with E-state index in [1.165, 1.54) is 50.9 Å². The fourth-order valence-corrected chi connectivity index (χ4v) is 3.09. The summed E-state index contributed by atoms with van der Waals surface area (Å²) >= 11 is 1.90. The van der Waals surface area contributed by atoms with Crippen molar-refractivity contribution in [2.24, 2.45) is 4.99 Å². The van der Waals surface area contributed by atoms with Crippen LogP contribution in [0.25, 0.3) is 0 Å². The van der Waals surface area contributed by atoms with Crippen LogP contribution >= 0.6 is 11.8 Å². The van der Waals surface area contributed by atoms with Gasteiger partial charge in [0.1, 0.15) is 0 Å². The minimum atomic E-state index is 0.599. The first-order valence-electron chi connectivity index (χ1n) is 7.53. The molecule has 0 aromatic rings. The van der Waals surface area contributed by atoms with Crippen LogP contribution in [0.4, 0.5) is 0 Å². The molecule has 110 valence electrons. The van der Waals surface area contributed by atoms with E-state index in [1.54, 1.807) is 0 Å². The summed E-state index contributed by atoms with van der Waals surface area (Å²) in [7, 11) is 1.86. The van der Waals surface area contributed by atoms with Crippen LogP contribution in [0.3, 0.4) is 0 Å². The second-order valence-electron chi connectivity index (χ2n) is 5.53. The van der Waals surface area contributed by atoms with Gasteiger partial charge < -0.3 is 15.5 Å². The van der Waals surface area contributed by atoms with E-state index in [-0.39, 0.29) is 0 Å². The summed E-state index contributed by atoms with van der Waals surface area (Å²) in [6.07, 6.45) is 8.71. The fourth-order valence-electron chi connectivity index (χ4n) is 2.66. The number of piperidine rings is 1. The van der Waals surface area contributed by atoms with Gasteiger partial charge in [-0.2, -0.15) is 11.8 Å². The number of hydrogen-bond donors (Lipinski definition) is 2. The van der Waals surface area contributed by atoms with Crippen molar-refractivity contribution >= 4 is 17.7 Å². The van der Waals surface area contributed by atoms with Crippen molar-refractivity contribution in [1.29, 1.82) is 0 Å². The van der Waals surface area contributed by atoms with Gasteiger partial charge in [-0.25, -0.2) is 0 Å². The first-order valence-corrected chi connectivity index (χ1v) is 8.93. The highest BCUT2D eigenvalue weighted by atomic mass is 32.2. The summed E-state index contributed by atoms with van der Waals surface area (Å²) < 4.78 is 0. The normalized spacial score (nSPS) is 22.5. The molecule has 1 aliphatic heterocycles. The summed E-state index contributed by atoms with van der Waals surface area (Å²) in [6, 6.07) is 1.52. The molecule has 1 aliphatic carbocycles. The monoisotopic (exact) mass is 284 g/mol. The van der Waals surface area contributed by atoms with Crippen LogP contribution in [0.2, 0.25) is 0 Å². The molecule has 0 radical (unpaired) electrons. The second kappa shape index (κ2) is 8.00. The molecule has 1 heterocycles. The van der Waals surface area contributed by atoms with Gasteiger partial charge in [0.2, 0.25) is 0 Å². The molecule has 0 spiro atoms. The van der Waals surface area contributed by atoms with Crippen molar-refractivity contribution in [2.45, 2.75) is 44.2 Å². The molecule has 1 saturated carbocycles. The van der Waals surface area contributed by atoms with Crippen molar-refractivity contribution < 1.29 is 0 Å². The van der Waals surface area contributed by atoms with Gasteiger partial charge in [-0.05, 0) is 44.1 Å². The highest BCUT2D eigenvalue weighted by Gasteiger charge is 2.31. The summed E-state index contributed by atoms with van der Waals surface area (Å²) in [4.78, 5) is 6.98. The molecule has 0 amide bonds. The van der Waals surface area contributed by atoms with E-state index in [9.17, 15) is 0 Å². The molecule has 0 aromatic carbocycles. The van der Waals surface area contributed by atoms with E-state index in [0.29, 0.717) is 6.04 Å². The number of aliphatic imine (C=N–C) groups is 1. The lowest BCUT2D eigenvalue weighted by molar-refractivity contribution is 0.197. The number of nitrogens with zero attached hydrogens (tertiary/aromatic N) is 2. The van der Waals surface area contributed by atoms with Gasteiger partial charge >= 0.3 is 0 Å². The number of thioether (sulfide) groups is 1. The van der Waals surface area contributed by atoms with Crippen molar-refractivity contribution in [3.8, 4) is 0 Å². The SMILES string of the molecule is CN=C(NCCCSC)NC1CCN(C2CC2)CC1. The first kappa shape index (κ1) is 15.0. The van der Waals surface area contributed by atoms with Crippen LogP contribution in [0, 0.1) is 0 Å². The molecule has 0 aromatic heterocycles. The summed E-state index contributed by atoms with van der Waals surface area (Å²) in [6.45, 7) is 3.53. The number of hydrogen-bond acceptors (Lipinski definition) is 3. The molecule has 0 atom stereocenters. The Hall–Kier alpha value is -0.420. The lowest BCUT2D eigenvalue weighted by Gasteiger charge is -2.33. The zero-order chi connectivity index (χ0) is 13.5. The van der Waals surface area contributed by atoms with E-state index < -0.39 is 0 Å². The van der Waals surface area contributed by atoms with Crippen molar-refractivity contribution in [1.82, 2.24) is 15.5 Å². The van der Waals surface area contributed by atoms with Gasteiger partial charge in [0, 0.05) is 38.8 Å². The third-order valence-corrected chi connectivity index (χ3v) is 4.67. The number of likely N-dealkylation sites (tertiary alicyclic amines) is 1. The Labute approximate surface area is 121 Å². The predicted octanol–water partition coefficient (Wildman–Crippen LogP) is 1.53. The molecule has 2 N–H and O–H groups in total. The fraction of sp³-hybridized carbons (Fsp3) is 0.929. The molecular formula is C14H28N4S. The molecule has 19 heavy (non-hydrogen) atoms. The minimum Gasteiger partial charge on any atom is -0.356 e. The van der Waals surface area contributed by atoms with Crippen LogP contribution < -0.4 is 10.6 Å². The van der Waals surface area contributed by atoms with E-state index >= 15 is 0 Å². The Morgan fingerprint density at radius 1 is 1.26 bits per heavy atom.